The Balaban J connectivity index is 1.57. The molecule has 1 fully saturated rings. The molecule has 24 heavy (non-hydrogen) atoms. The molecule has 1 atom stereocenters. The highest BCUT2D eigenvalue weighted by Crippen LogP contribution is 2.31. The maximum absolute atomic E-state index is 12.5. The average molecular weight is 331 g/mol. The lowest BCUT2D eigenvalue weighted by molar-refractivity contribution is -0.134. The number of likely N-dealkylation sites (tertiary alicyclic amines) is 1. The maximum Gasteiger partial charge on any atom is 0.261 e. The number of amides is 1. The van der Waals surface area contributed by atoms with Gasteiger partial charge in [0, 0.05) is 6.54 Å². The van der Waals surface area contributed by atoms with Gasteiger partial charge in [0.15, 0.2) is 12.4 Å². The summed E-state index contributed by atoms with van der Waals surface area (Å²) in [5.74, 6) is 2.41. The van der Waals surface area contributed by atoms with Crippen molar-refractivity contribution >= 4 is 5.91 Å². The van der Waals surface area contributed by atoms with Crippen molar-refractivity contribution in [1.29, 1.82) is 0 Å². The fraction of sp³-hybridized carbons (Fsp3) is 0.471. The molecule has 2 heterocycles. The summed E-state index contributed by atoms with van der Waals surface area (Å²) in [5.41, 5.74) is 0. The molecule has 1 aromatic carbocycles. The minimum Gasteiger partial charge on any atom is -0.494 e. The topological polar surface area (TPSA) is 77.7 Å². The van der Waals surface area contributed by atoms with E-state index in [0.29, 0.717) is 30.6 Å². The molecule has 1 aromatic heterocycles. The van der Waals surface area contributed by atoms with Gasteiger partial charge in [-0.05, 0) is 51.0 Å². The van der Waals surface area contributed by atoms with Crippen molar-refractivity contribution in [3.05, 3.63) is 36.0 Å². The SMILES string of the molecule is CCOc1ccc(OCC(=O)N2CCCC2c2nc(C)no2)cc1. The summed E-state index contributed by atoms with van der Waals surface area (Å²) in [5, 5.41) is 3.80. The molecule has 0 N–H and O–H groups in total. The number of aryl methyl sites for hydroxylation is 1. The molecule has 0 spiro atoms. The molecule has 1 aliphatic rings. The van der Waals surface area contributed by atoms with E-state index in [1.807, 2.05) is 19.1 Å². The van der Waals surface area contributed by atoms with Gasteiger partial charge in [-0.3, -0.25) is 4.79 Å². The molecular formula is C17H21N3O4. The summed E-state index contributed by atoms with van der Waals surface area (Å²) in [6, 6.07) is 7.08. The predicted octanol–water partition coefficient (Wildman–Crippen LogP) is 2.52. The van der Waals surface area contributed by atoms with Crippen LogP contribution in [0.15, 0.2) is 28.8 Å². The van der Waals surface area contributed by atoms with Gasteiger partial charge in [0.2, 0.25) is 5.89 Å². The fourth-order valence-corrected chi connectivity index (χ4v) is 2.80. The van der Waals surface area contributed by atoms with E-state index in [-0.39, 0.29) is 18.6 Å². The maximum atomic E-state index is 12.5. The van der Waals surface area contributed by atoms with Crippen LogP contribution in [0.4, 0.5) is 0 Å². The van der Waals surface area contributed by atoms with E-state index in [1.165, 1.54) is 0 Å². The lowest BCUT2D eigenvalue weighted by Crippen LogP contribution is -2.34. The fourth-order valence-electron chi connectivity index (χ4n) is 2.80. The summed E-state index contributed by atoms with van der Waals surface area (Å²) in [4.78, 5) is 18.5. The first-order chi connectivity index (χ1) is 11.7. The number of aromatic nitrogens is 2. The van der Waals surface area contributed by atoms with E-state index >= 15 is 0 Å². The molecule has 128 valence electrons. The van der Waals surface area contributed by atoms with Crippen molar-refractivity contribution < 1.29 is 18.8 Å². The number of ether oxygens (including phenoxy) is 2. The van der Waals surface area contributed by atoms with Gasteiger partial charge in [-0.1, -0.05) is 5.16 Å². The average Bonchev–Trinajstić information content (AvgIpc) is 3.23. The van der Waals surface area contributed by atoms with E-state index in [0.717, 1.165) is 18.6 Å². The van der Waals surface area contributed by atoms with Gasteiger partial charge in [-0.15, -0.1) is 0 Å². The normalized spacial score (nSPS) is 17.1. The Morgan fingerprint density at radius 3 is 2.62 bits per heavy atom. The zero-order valence-electron chi connectivity index (χ0n) is 13.9. The number of benzene rings is 1. The molecule has 7 nitrogen and oxygen atoms in total. The van der Waals surface area contributed by atoms with E-state index in [9.17, 15) is 4.79 Å². The monoisotopic (exact) mass is 331 g/mol. The Hall–Kier alpha value is -2.57. The second-order valence-corrected chi connectivity index (χ2v) is 5.62. The molecule has 1 aliphatic heterocycles. The van der Waals surface area contributed by atoms with Crippen LogP contribution in [0.5, 0.6) is 11.5 Å². The van der Waals surface area contributed by atoms with Crippen molar-refractivity contribution in [3.8, 4) is 11.5 Å². The van der Waals surface area contributed by atoms with Gasteiger partial charge in [0.05, 0.1) is 6.61 Å². The van der Waals surface area contributed by atoms with Gasteiger partial charge in [-0.25, -0.2) is 0 Å². The van der Waals surface area contributed by atoms with Crippen LogP contribution in [-0.4, -0.2) is 40.7 Å². The van der Waals surface area contributed by atoms with E-state index in [4.69, 9.17) is 14.0 Å². The molecule has 2 aromatic rings. The first-order valence-corrected chi connectivity index (χ1v) is 8.12. The van der Waals surface area contributed by atoms with Crippen LogP contribution in [0.1, 0.15) is 37.5 Å². The lowest BCUT2D eigenvalue weighted by Gasteiger charge is -2.21. The Labute approximate surface area is 140 Å². The van der Waals surface area contributed by atoms with Crippen molar-refractivity contribution in [2.45, 2.75) is 32.7 Å². The highest BCUT2D eigenvalue weighted by Gasteiger charge is 2.33. The second kappa shape index (κ2) is 7.33. The number of hydrogen-bond acceptors (Lipinski definition) is 6. The van der Waals surface area contributed by atoms with Crippen LogP contribution in [0.25, 0.3) is 0 Å². The Bertz CT molecular complexity index is 683. The number of nitrogens with zero attached hydrogens (tertiary/aromatic N) is 3. The van der Waals surface area contributed by atoms with Crippen LogP contribution >= 0.6 is 0 Å². The predicted molar refractivity (Wildman–Crippen MR) is 85.8 cm³/mol. The molecule has 0 saturated carbocycles. The lowest BCUT2D eigenvalue weighted by atomic mass is 10.2. The first kappa shape index (κ1) is 16.3. The van der Waals surface area contributed by atoms with Crippen LogP contribution in [0.3, 0.4) is 0 Å². The van der Waals surface area contributed by atoms with Gasteiger partial charge >= 0.3 is 0 Å². The third-order valence-corrected chi connectivity index (χ3v) is 3.90. The Morgan fingerprint density at radius 2 is 2.00 bits per heavy atom. The minimum absolute atomic E-state index is 0.0163. The first-order valence-electron chi connectivity index (χ1n) is 8.12. The molecule has 1 unspecified atom stereocenters. The largest absolute Gasteiger partial charge is 0.494 e. The molecule has 0 bridgehead atoms. The van der Waals surface area contributed by atoms with E-state index < -0.39 is 0 Å². The Kier molecular flexibility index (Phi) is 4.98. The summed E-state index contributed by atoms with van der Waals surface area (Å²) in [6.45, 7) is 4.98. The molecule has 0 aliphatic carbocycles. The molecule has 1 saturated heterocycles. The van der Waals surface area contributed by atoms with E-state index in [2.05, 4.69) is 10.1 Å². The van der Waals surface area contributed by atoms with Crippen LogP contribution in [-0.2, 0) is 4.79 Å². The van der Waals surface area contributed by atoms with Gasteiger partial charge in [-0.2, -0.15) is 4.98 Å². The standard InChI is InChI=1S/C17H21N3O4/c1-3-22-13-6-8-14(9-7-13)23-11-16(21)20-10-4-5-15(20)17-18-12(2)19-24-17/h6-9,15H,3-5,10-11H2,1-2H3. The second-order valence-electron chi connectivity index (χ2n) is 5.62. The van der Waals surface area contributed by atoms with Crippen LogP contribution in [0.2, 0.25) is 0 Å². The third kappa shape index (κ3) is 3.67. The van der Waals surface area contributed by atoms with Crippen LogP contribution < -0.4 is 9.47 Å². The number of hydrogen-bond donors (Lipinski definition) is 0. The third-order valence-electron chi connectivity index (χ3n) is 3.90. The molecule has 7 heteroatoms. The van der Waals surface area contributed by atoms with Crippen molar-refractivity contribution in [1.82, 2.24) is 15.0 Å². The summed E-state index contributed by atoms with van der Waals surface area (Å²) >= 11 is 0. The number of carbonyl (C=O) groups is 1. The Morgan fingerprint density at radius 1 is 1.29 bits per heavy atom. The minimum atomic E-state index is -0.150. The quantitative estimate of drug-likeness (QED) is 0.809. The summed E-state index contributed by atoms with van der Waals surface area (Å²) in [6.07, 6.45) is 1.75. The highest BCUT2D eigenvalue weighted by atomic mass is 16.5. The van der Waals surface area contributed by atoms with Crippen molar-refractivity contribution in [2.24, 2.45) is 0 Å². The van der Waals surface area contributed by atoms with E-state index in [1.54, 1.807) is 24.0 Å². The summed E-state index contributed by atoms with van der Waals surface area (Å²) in [7, 11) is 0. The van der Waals surface area contributed by atoms with Gasteiger partial charge in [0.1, 0.15) is 17.5 Å². The number of rotatable bonds is 6. The highest BCUT2D eigenvalue weighted by molar-refractivity contribution is 5.78. The summed E-state index contributed by atoms with van der Waals surface area (Å²) < 4.78 is 16.2. The zero-order chi connectivity index (χ0) is 16.9. The van der Waals surface area contributed by atoms with Gasteiger partial charge in [0.25, 0.3) is 5.91 Å². The molecule has 1 amide bonds. The zero-order valence-corrected chi connectivity index (χ0v) is 13.9. The number of carbonyl (C=O) groups excluding carboxylic acids is 1. The van der Waals surface area contributed by atoms with Crippen LogP contribution in [0, 0.1) is 6.92 Å². The molecular weight excluding hydrogens is 310 g/mol. The van der Waals surface area contributed by atoms with Gasteiger partial charge < -0.3 is 18.9 Å². The van der Waals surface area contributed by atoms with Crippen molar-refractivity contribution in [3.63, 3.8) is 0 Å². The smallest absolute Gasteiger partial charge is 0.261 e. The molecule has 0 radical (unpaired) electrons. The molecule has 3 rings (SSSR count). The van der Waals surface area contributed by atoms with Crippen molar-refractivity contribution in [2.75, 3.05) is 19.8 Å².